The average Bonchev–Trinajstić information content (AvgIpc) is 2.30. The first kappa shape index (κ1) is 13.5. The van der Waals surface area contributed by atoms with E-state index in [1.165, 1.54) is 25.7 Å². The lowest BCUT2D eigenvalue weighted by Crippen LogP contribution is -2.47. The first-order valence-corrected chi connectivity index (χ1v) is 6.24. The smallest absolute Gasteiger partial charge is 0.321 e. The summed E-state index contributed by atoms with van der Waals surface area (Å²) in [4.78, 5) is 12.8. The fraction of sp³-hybridized carbons (Fsp3) is 0.917. The molecule has 0 bridgehead atoms. The van der Waals surface area contributed by atoms with Crippen molar-refractivity contribution >= 4 is 5.97 Å². The molecule has 16 heavy (non-hydrogen) atoms. The third-order valence-electron chi connectivity index (χ3n) is 4.19. The van der Waals surface area contributed by atoms with Crippen molar-refractivity contribution in [1.29, 1.82) is 0 Å². The second-order valence-electron chi connectivity index (χ2n) is 4.95. The minimum atomic E-state index is -0.900. The van der Waals surface area contributed by atoms with Gasteiger partial charge in [0.15, 0.2) is 0 Å². The van der Waals surface area contributed by atoms with E-state index in [-0.39, 0.29) is 0 Å². The summed E-state index contributed by atoms with van der Waals surface area (Å²) >= 11 is 0. The van der Waals surface area contributed by atoms with Gasteiger partial charge in [0.2, 0.25) is 0 Å². The predicted octanol–water partition coefficient (Wildman–Crippen LogP) is 1.30. The van der Waals surface area contributed by atoms with Gasteiger partial charge >= 0.3 is 5.97 Å². The average molecular weight is 228 g/mol. The summed E-state index contributed by atoms with van der Waals surface area (Å²) in [5.41, 5.74) is 6.03. The Balaban J connectivity index is 2.40. The van der Waals surface area contributed by atoms with Crippen LogP contribution in [0.15, 0.2) is 0 Å². The molecular weight excluding hydrogens is 204 g/mol. The van der Waals surface area contributed by atoms with Gasteiger partial charge in [0, 0.05) is 6.54 Å². The number of carboxylic acid groups (broad SMARTS) is 1. The van der Waals surface area contributed by atoms with E-state index < -0.39 is 12.0 Å². The highest BCUT2D eigenvalue weighted by molar-refractivity contribution is 5.73. The van der Waals surface area contributed by atoms with Gasteiger partial charge in [-0.25, -0.2) is 0 Å². The van der Waals surface area contributed by atoms with Crippen LogP contribution in [0.2, 0.25) is 0 Å². The molecule has 0 aromatic rings. The number of hydrogen-bond donors (Lipinski definition) is 2. The van der Waals surface area contributed by atoms with Gasteiger partial charge in [-0.15, -0.1) is 0 Å². The van der Waals surface area contributed by atoms with Crippen LogP contribution in [0.1, 0.15) is 39.5 Å². The molecule has 1 aliphatic rings. The Labute approximate surface area is 97.8 Å². The molecule has 1 heterocycles. The molecule has 1 atom stereocenters. The van der Waals surface area contributed by atoms with Crippen molar-refractivity contribution in [3.05, 3.63) is 0 Å². The Morgan fingerprint density at radius 3 is 2.25 bits per heavy atom. The molecule has 0 amide bonds. The van der Waals surface area contributed by atoms with E-state index in [1.54, 1.807) is 0 Å². The fourth-order valence-electron chi connectivity index (χ4n) is 2.52. The molecule has 0 radical (unpaired) electrons. The van der Waals surface area contributed by atoms with Crippen LogP contribution in [-0.2, 0) is 4.79 Å². The van der Waals surface area contributed by atoms with E-state index >= 15 is 0 Å². The quantitative estimate of drug-likeness (QED) is 0.744. The second-order valence-corrected chi connectivity index (χ2v) is 4.95. The van der Waals surface area contributed by atoms with E-state index in [4.69, 9.17) is 10.8 Å². The topological polar surface area (TPSA) is 66.6 Å². The molecule has 1 unspecified atom stereocenters. The van der Waals surface area contributed by atoms with E-state index in [1.807, 2.05) is 0 Å². The molecule has 4 heteroatoms. The van der Waals surface area contributed by atoms with Gasteiger partial charge in [-0.05, 0) is 31.3 Å². The highest BCUT2D eigenvalue weighted by Crippen LogP contribution is 2.37. The summed E-state index contributed by atoms with van der Waals surface area (Å²) in [6, 6.07) is -0.740. The number of aliphatic carboxylic acids is 1. The van der Waals surface area contributed by atoms with Gasteiger partial charge in [-0.1, -0.05) is 26.7 Å². The Morgan fingerprint density at radius 1 is 1.38 bits per heavy atom. The van der Waals surface area contributed by atoms with Crippen LogP contribution < -0.4 is 5.73 Å². The fourth-order valence-corrected chi connectivity index (χ4v) is 2.52. The zero-order valence-corrected chi connectivity index (χ0v) is 10.4. The standard InChI is InChI=1S/C12H24N2O2/c1-3-12(4-2)5-7-14(8-6-12)9-10(13)11(15)16/h10H,3-9,13H2,1-2H3,(H,15,16). The molecular formula is C12H24N2O2. The highest BCUT2D eigenvalue weighted by Gasteiger charge is 2.31. The maximum absolute atomic E-state index is 10.7. The van der Waals surface area contributed by atoms with Crippen molar-refractivity contribution in [2.75, 3.05) is 19.6 Å². The molecule has 94 valence electrons. The lowest BCUT2D eigenvalue weighted by atomic mass is 9.74. The summed E-state index contributed by atoms with van der Waals surface area (Å²) in [7, 11) is 0. The number of carbonyl (C=O) groups is 1. The van der Waals surface area contributed by atoms with E-state index in [0.717, 1.165) is 13.1 Å². The van der Waals surface area contributed by atoms with E-state index in [2.05, 4.69) is 18.7 Å². The van der Waals surface area contributed by atoms with Crippen molar-refractivity contribution in [3.8, 4) is 0 Å². The van der Waals surface area contributed by atoms with Crippen LogP contribution in [0.25, 0.3) is 0 Å². The molecule has 4 nitrogen and oxygen atoms in total. The Hall–Kier alpha value is -0.610. The number of nitrogens with two attached hydrogens (primary N) is 1. The molecule has 3 N–H and O–H groups in total. The summed E-state index contributed by atoms with van der Waals surface area (Å²) in [6.45, 7) is 6.97. The lowest BCUT2D eigenvalue weighted by Gasteiger charge is -2.41. The summed E-state index contributed by atoms with van der Waals surface area (Å²) in [5, 5.41) is 8.76. The van der Waals surface area contributed by atoms with Crippen LogP contribution >= 0.6 is 0 Å². The highest BCUT2D eigenvalue weighted by atomic mass is 16.4. The Morgan fingerprint density at radius 2 is 1.88 bits per heavy atom. The van der Waals surface area contributed by atoms with E-state index in [9.17, 15) is 4.79 Å². The lowest BCUT2D eigenvalue weighted by molar-refractivity contribution is -0.139. The van der Waals surface area contributed by atoms with Gasteiger partial charge in [0.1, 0.15) is 6.04 Å². The molecule has 0 aromatic carbocycles. The molecule has 1 rings (SSSR count). The van der Waals surface area contributed by atoms with Crippen LogP contribution in [0, 0.1) is 5.41 Å². The number of nitrogens with zero attached hydrogens (tertiary/aromatic N) is 1. The third-order valence-corrected chi connectivity index (χ3v) is 4.19. The first-order valence-electron chi connectivity index (χ1n) is 6.24. The number of rotatable bonds is 5. The summed E-state index contributed by atoms with van der Waals surface area (Å²) in [5.74, 6) is -0.900. The normalized spacial score (nSPS) is 22.9. The molecule has 0 spiro atoms. The number of hydrogen-bond acceptors (Lipinski definition) is 3. The Bertz CT molecular complexity index is 229. The molecule has 1 fully saturated rings. The van der Waals surface area contributed by atoms with Gasteiger partial charge in [0.05, 0.1) is 0 Å². The number of piperidine rings is 1. The van der Waals surface area contributed by atoms with Crippen molar-refractivity contribution in [2.24, 2.45) is 11.1 Å². The monoisotopic (exact) mass is 228 g/mol. The third kappa shape index (κ3) is 3.19. The zero-order chi connectivity index (χ0) is 12.2. The van der Waals surface area contributed by atoms with Crippen LogP contribution in [0.4, 0.5) is 0 Å². The minimum Gasteiger partial charge on any atom is -0.480 e. The van der Waals surface area contributed by atoms with Crippen molar-refractivity contribution in [3.63, 3.8) is 0 Å². The summed E-state index contributed by atoms with van der Waals surface area (Å²) in [6.07, 6.45) is 4.79. The number of carboxylic acids is 1. The van der Waals surface area contributed by atoms with Crippen LogP contribution in [-0.4, -0.2) is 41.7 Å². The molecule has 0 aliphatic carbocycles. The van der Waals surface area contributed by atoms with Crippen molar-refractivity contribution in [1.82, 2.24) is 4.90 Å². The molecule has 0 saturated carbocycles. The SMILES string of the molecule is CCC1(CC)CCN(CC(N)C(=O)O)CC1. The zero-order valence-electron chi connectivity index (χ0n) is 10.4. The molecule has 1 saturated heterocycles. The van der Waals surface area contributed by atoms with Crippen molar-refractivity contribution < 1.29 is 9.90 Å². The Kier molecular flexibility index (Phi) is 4.74. The summed E-state index contributed by atoms with van der Waals surface area (Å²) < 4.78 is 0. The van der Waals surface area contributed by atoms with Gasteiger partial charge in [-0.3, -0.25) is 4.79 Å². The largest absolute Gasteiger partial charge is 0.480 e. The number of likely N-dealkylation sites (tertiary alicyclic amines) is 1. The molecule has 0 aromatic heterocycles. The van der Waals surface area contributed by atoms with Gasteiger partial charge < -0.3 is 15.7 Å². The van der Waals surface area contributed by atoms with Crippen LogP contribution in [0.5, 0.6) is 0 Å². The van der Waals surface area contributed by atoms with Gasteiger partial charge in [-0.2, -0.15) is 0 Å². The molecule has 1 aliphatic heterocycles. The first-order chi connectivity index (χ1) is 7.53. The van der Waals surface area contributed by atoms with Gasteiger partial charge in [0.25, 0.3) is 0 Å². The second kappa shape index (κ2) is 5.64. The maximum Gasteiger partial charge on any atom is 0.321 e. The van der Waals surface area contributed by atoms with Crippen LogP contribution in [0.3, 0.4) is 0 Å². The van der Waals surface area contributed by atoms with E-state index in [0.29, 0.717) is 12.0 Å². The predicted molar refractivity (Wildman–Crippen MR) is 64.3 cm³/mol. The van der Waals surface area contributed by atoms with Crippen molar-refractivity contribution in [2.45, 2.75) is 45.6 Å². The minimum absolute atomic E-state index is 0.485. The maximum atomic E-state index is 10.7.